The van der Waals surface area contributed by atoms with Gasteiger partial charge in [0.05, 0.1) is 10.5 Å². The summed E-state index contributed by atoms with van der Waals surface area (Å²) in [5, 5.41) is 0. The van der Waals surface area contributed by atoms with Gasteiger partial charge in [0.25, 0.3) is 0 Å². The first-order valence-electron chi connectivity index (χ1n) is 6.30. The van der Waals surface area contributed by atoms with E-state index in [0.717, 1.165) is 18.2 Å². The van der Waals surface area contributed by atoms with Crippen LogP contribution in [0.25, 0.3) is 0 Å². The van der Waals surface area contributed by atoms with Crippen molar-refractivity contribution in [2.75, 3.05) is 0 Å². The molecule has 1 heterocycles. The molecule has 1 aromatic carbocycles. The lowest BCUT2D eigenvalue weighted by Crippen LogP contribution is -2.27. The van der Waals surface area contributed by atoms with Gasteiger partial charge in [-0.3, -0.25) is 4.98 Å². The quantitative estimate of drug-likeness (QED) is 0.937. The van der Waals surface area contributed by atoms with Crippen molar-refractivity contribution in [2.24, 2.45) is 0 Å². The van der Waals surface area contributed by atoms with Gasteiger partial charge in [0.15, 0.2) is 0 Å². The van der Waals surface area contributed by atoms with Gasteiger partial charge in [-0.25, -0.2) is 13.1 Å². The molecule has 0 saturated carbocycles. The van der Waals surface area contributed by atoms with E-state index in [2.05, 4.69) is 9.71 Å². The van der Waals surface area contributed by atoms with E-state index in [1.165, 1.54) is 12.4 Å². The van der Waals surface area contributed by atoms with E-state index in [0.29, 0.717) is 11.6 Å². The number of halogens is 3. The molecule has 0 spiro atoms. The maximum atomic E-state index is 12.7. The molecule has 1 atom stereocenters. The summed E-state index contributed by atoms with van der Waals surface area (Å²) in [4.78, 5) is 3.44. The molecule has 0 aliphatic rings. The van der Waals surface area contributed by atoms with Crippen molar-refractivity contribution in [3.05, 3.63) is 59.9 Å². The second kappa shape index (κ2) is 6.05. The Bertz CT molecular complexity index is 746. The van der Waals surface area contributed by atoms with Crippen LogP contribution in [0.1, 0.15) is 24.1 Å². The molecular weight excluding hydrogens is 317 g/mol. The first-order valence-corrected chi connectivity index (χ1v) is 7.78. The molecular formula is C14H13F3N2O2S. The van der Waals surface area contributed by atoms with Crippen molar-refractivity contribution in [1.82, 2.24) is 9.71 Å². The zero-order valence-corrected chi connectivity index (χ0v) is 12.3. The minimum absolute atomic E-state index is 0.432. The van der Waals surface area contributed by atoms with Gasteiger partial charge in [-0.2, -0.15) is 13.2 Å². The van der Waals surface area contributed by atoms with E-state index < -0.39 is 32.7 Å². The van der Waals surface area contributed by atoms with Gasteiger partial charge >= 0.3 is 6.18 Å². The van der Waals surface area contributed by atoms with Gasteiger partial charge in [0, 0.05) is 18.4 Å². The van der Waals surface area contributed by atoms with Crippen LogP contribution in [0.3, 0.4) is 0 Å². The number of nitrogens with zero attached hydrogens (tertiary/aromatic N) is 1. The Hall–Kier alpha value is -1.93. The summed E-state index contributed by atoms with van der Waals surface area (Å²) in [6.07, 6.45) is -1.57. The molecule has 2 rings (SSSR count). The average molecular weight is 330 g/mol. The van der Waals surface area contributed by atoms with Gasteiger partial charge in [0.2, 0.25) is 10.0 Å². The number of aromatic nitrogens is 1. The number of hydrogen-bond acceptors (Lipinski definition) is 3. The SMILES string of the molecule is C[C@@H](NS(=O)(=O)c1cccc(C(F)(F)F)c1)c1cccnc1. The molecule has 0 radical (unpaired) electrons. The molecule has 4 nitrogen and oxygen atoms in total. The fourth-order valence-corrected chi connectivity index (χ4v) is 3.12. The molecule has 0 amide bonds. The van der Waals surface area contributed by atoms with Crippen LogP contribution in [-0.2, 0) is 16.2 Å². The van der Waals surface area contributed by atoms with Crippen molar-refractivity contribution >= 4 is 10.0 Å². The highest BCUT2D eigenvalue weighted by Crippen LogP contribution is 2.30. The number of pyridine rings is 1. The topological polar surface area (TPSA) is 59.1 Å². The standard InChI is InChI=1S/C14H13F3N2O2S/c1-10(11-4-3-7-18-9-11)19-22(20,21)13-6-2-5-12(8-13)14(15,16)17/h2-10,19H,1H3/t10-/m1/s1. The summed E-state index contributed by atoms with van der Waals surface area (Å²) in [6.45, 7) is 1.59. The van der Waals surface area contributed by atoms with E-state index in [9.17, 15) is 21.6 Å². The summed E-state index contributed by atoms with van der Waals surface area (Å²) in [5.41, 5.74) is -0.401. The average Bonchev–Trinajstić information content (AvgIpc) is 2.47. The Labute approximate surface area is 126 Å². The van der Waals surface area contributed by atoms with E-state index >= 15 is 0 Å². The first kappa shape index (κ1) is 16.4. The minimum Gasteiger partial charge on any atom is -0.264 e. The highest BCUT2D eigenvalue weighted by atomic mass is 32.2. The summed E-state index contributed by atoms with van der Waals surface area (Å²) in [6, 6.07) is 6.31. The largest absolute Gasteiger partial charge is 0.416 e. The Morgan fingerprint density at radius 3 is 2.50 bits per heavy atom. The lowest BCUT2D eigenvalue weighted by Gasteiger charge is -2.15. The third-order valence-electron chi connectivity index (χ3n) is 2.99. The van der Waals surface area contributed by atoms with Crippen LogP contribution in [0.2, 0.25) is 0 Å². The summed E-state index contributed by atoms with van der Waals surface area (Å²) in [5.74, 6) is 0. The molecule has 0 bridgehead atoms. The summed E-state index contributed by atoms with van der Waals surface area (Å²) >= 11 is 0. The Kier molecular flexibility index (Phi) is 4.52. The minimum atomic E-state index is -4.60. The van der Waals surface area contributed by atoms with E-state index in [1.807, 2.05) is 0 Å². The van der Waals surface area contributed by atoms with Crippen LogP contribution < -0.4 is 4.72 Å². The predicted octanol–water partition coefficient (Wildman–Crippen LogP) is 3.14. The molecule has 1 aromatic heterocycles. The van der Waals surface area contributed by atoms with Crippen LogP contribution in [0.4, 0.5) is 13.2 Å². The van der Waals surface area contributed by atoms with Crippen LogP contribution >= 0.6 is 0 Å². The maximum absolute atomic E-state index is 12.7. The lowest BCUT2D eigenvalue weighted by atomic mass is 10.2. The smallest absolute Gasteiger partial charge is 0.264 e. The van der Waals surface area contributed by atoms with Crippen LogP contribution in [-0.4, -0.2) is 13.4 Å². The lowest BCUT2D eigenvalue weighted by molar-refractivity contribution is -0.137. The molecule has 0 saturated heterocycles. The van der Waals surface area contributed by atoms with Gasteiger partial charge < -0.3 is 0 Å². The number of rotatable bonds is 4. The molecule has 0 aliphatic carbocycles. The molecule has 118 valence electrons. The van der Waals surface area contributed by atoms with E-state index in [-0.39, 0.29) is 0 Å². The van der Waals surface area contributed by atoms with Crippen LogP contribution in [0.5, 0.6) is 0 Å². The van der Waals surface area contributed by atoms with Crippen LogP contribution in [0.15, 0.2) is 53.7 Å². The molecule has 0 aliphatic heterocycles. The van der Waals surface area contributed by atoms with E-state index in [4.69, 9.17) is 0 Å². The zero-order valence-electron chi connectivity index (χ0n) is 11.5. The second-order valence-electron chi connectivity index (χ2n) is 4.65. The Balaban J connectivity index is 2.28. The zero-order chi connectivity index (χ0) is 16.4. The van der Waals surface area contributed by atoms with E-state index in [1.54, 1.807) is 19.1 Å². The number of alkyl halides is 3. The second-order valence-corrected chi connectivity index (χ2v) is 6.37. The Morgan fingerprint density at radius 2 is 1.91 bits per heavy atom. The molecule has 0 unspecified atom stereocenters. The molecule has 2 aromatic rings. The predicted molar refractivity (Wildman–Crippen MR) is 74.4 cm³/mol. The van der Waals surface area contributed by atoms with Crippen molar-refractivity contribution in [2.45, 2.75) is 24.0 Å². The van der Waals surface area contributed by atoms with Crippen molar-refractivity contribution in [1.29, 1.82) is 0 Å². The first-order chi connectivity index (χ1) is 10.2. The summed E-state index contributed by atoms with van der Waals surface area (Å²) in [7, 11) is -4.07. The molecule has 8 heteroatoms. The normalized spacial score (nSPS) is 13.8. The third-order valence-corrected chi connectivity index (χ3v) is 4.53. The fourth-order valence-electron chi connectivity index (χ4n) is 1.84. The fraction of sp³-hybridized carbons (Fsp3) is 0.214. The molecule has 0 fully saturated rings. The van der Waals surface area contributed by atoms with Crippen molar-refractivity contribution in [3.63, 3.8) is 0 Å². The summed E-state index contributed by atoms with van der Waals surface area (Å²) < 4.78 is 64.7. The van der Waals surface area contributed by atoms with Crippen molar-refractivity contribution < 1.29 is 21.6 Å². The van der Waals surface area contributed by atoms with Gasteiger partial charge in [0.1, 0.15) is 0 Å². The third kappa shape index (κ3) is 3.83. The number of hydrogen-bond donors (Lipinski definition) is 1. The molecule has 22 heavy (non-hydrogen) atoms. The Morgan fingerprint density at radius 1 is 1.18 bits per heavy atom. The highest BCUT2D eigenvalue weighted by Gasteiger charge is 2.31. The number of benzene rings is 1. The van der Waals surface area contributed by atoms with Gasteiger partial charge in [-0.1, -0.05) is 12.1 Å². The monoisotopic (exact) mass is 330 g/mol. The number of sulfonamides is 1. The maximum Gasteiger partial charge on any atom is 0.416 e. The van der Waals surface area contributed by atoms with Crippen molar-refractivity contribution in [3.8, 4) is 0 Å². The number of nitrogens with one attached hydrogen (secondary N) is 1. The van der Waals surface area contributed by atoms with Gasteiger partial charge in [-0.05, 0) is 36.8 Å². The van der Waals surface area contributed by atoms with Gasteiger partial charge in [-0.15, -0.1) is 0 Å². The van der Waals surface area contributed by atoms with Crippen LogP contribution in [0, 0.1) is 0 Å². The highest BCUT2D eigenvalue weighted by molar-refractivity contribution is 7.89. The molecule has 1 N–H and O–H groups in total.